The molecule has 1 heterocycles. The number of nitrogens with two attached hydrogens (primary N) is 1. The highest BCUT2D eigenvalue weighted by Crippen LogP contribution is 2.34. The van der Waals surface area contributed by atoms with E-state index in [1.165, 1.54) is 42.7 Å². The number of aromatic nitrogens is 1. The van der Waals surface area contributed by atoms with Gasteiger partial charge in [-0.15, -0.1) is 11.8 Å². The zero-order chi connectivity index (χ0) is 12.3. The average Bonchev–Trinajstić information content (AvgIpc) is 2.33. The van der Waals surface area contributed by atoms with Crippen LogP contribution >= 0.6 is 11.8 Å². The molecule has 2 nitrogen and oxygen atoms in total. The van der Waals surface area contributed by atoms with Crippen LogP contribution in [0, 0.1) is 6.92 Å². The zero-order valence-electron chi connectivity index (χ0n) is 10.8. The summed E-state index contributed by atoms with van der Waals surface area (Å²) in [7, 11) is 0. The molecule has 2 rings (SSSR count). The van der Waals surface area contributed by atoms with Crippen LogP contribution in [0.15, 0.2) is 17.3 Å². The quantitative estimate of drug-likeness (QED) is 0.886. The fourth-order valence-corrected chi connectivity index (χ4v) is 3.54. The molecule has 1 fully saturated rings. The summed E-state index contributed by atoms with van der Waals surface area (Å²) in [4.78, 5) is 4.58. The normalized spacial score (nSPS) is 19.2. The maximum Gasteiger partial charge on any atom is 0.0991 e. The van der Waals surface area contributed by atoms with E-state index in [4.69, 9.17) is 5.73 Å². The van der Waals surface area contributed by atoms with Gasteiger partial charge in [0.2, 0.25) is 0 Å². The van der Waals surface area contributed by atoms with E-state index in [0.29, 0.717) is 0 Å². The van der Waals surface area contributed by atoms with Crippen LogP contribution in [0.2, 0.25) is 0 Å². The lowest BCUT2D eigenvalue weighted by molar-refractivity contribution is 0.515. The molecule has 0 spiro atoms. The minimum Gasteiger partial charge on any atom is -0.324 e. The van der Waals surface area contributed by atoms with Gasteiger partial charge in [0.25, 0.3) is 0 Å². The van der Waals surface area contributed by atoms with Gasteiger partial charge in [-0.05, 0) is 37.8 Å². The molecule has 1 aliphatic rings. The highest BCUT2D eigenvalue weighted by Gasteiger charge is 2.16. The SMILES string of the molecule is Cc1cc([C@@H](C)N)cnc1SC1CCCCC1. The maximum absolute atomic E-state index is 5.87. The molecule has 0 bridgehead atoms. The van der Waals surface area contributed by atoms with Crippen LogP contribution in [0.3, 0.4) is 0 Å². The Labute approximate surface area is 108 Å². The van der Waals surface area contributed by atoms with Gasteiger partial charge >= 0.3 is 0 Å². The summed E-state index contributed by atoms with van der Waals surface area (Å²) in [6.45, 7) is 4.15. The van der Waals surface area contributed by atoms with Gasteiger partial charge in [-0.3, -0.25) is 0 Å². The Bertz CT molecular complexity index is 370. The molecule has 1 aliphatic carbocycles. The van der Waals surface area contributed by atoms with E-state index in [0.717, 1.165) is 10.8 Å². The van der Waals surface area contributed by atoms with E-state index in [-0.39, 0.29) is 6.04 Å². The number of rotatable bonds is 3. The van der Waals surface area contributed by atoms with Crippen LogP contribution in [-0.4, -0.2) is 10.2 Å². The lowest BCUT2D eigenvalue weighted by Gasteiger charge is -2.21. The van der Waals surface area contributed by atoms with Gasteiger partial charge in [0, 0.05) is 17.5 Å². The number of hydrogen-bond donors (Lipinski definition) is 1. The van der Waals surface area contributed by atoms with Crippen LogP contribution in [0.25, 0.3) is 0 Å². The summed E-state index contributed by atoms with van der Waals surface area (Å²) in [5.74, 6) is 0. The Kier molecular flexibility index (Phi) is 4.46. The zero-order valence-corrected chi connectivity index (χ0v) is 11.6. The topological polar surface area (TPSA) is 38.9 Å². The van der Waals surface area contributed by atoms with Gasteiger partial charge in [0.15, 0.2) is 0 Å². The van der Waals surface area contributed by atoms with Crippen molar-refractivity contribution in [3.05, 3.63) is 23.4 Å². The number of hydrogen-bond acceptors (Lipinski definition) is 3. The molecule has 1 aromatic rings. The molecule has 1 saturated carbocycles. The van der Waals surface area contributed by atoms with Crippen LogP contribution in [0.1, 0.15) is 56.2 Å². The summed E-state index contributed by atoms with van der Waals surface area (Å²) < 4.78 is 0. The van der Waals surface area contributed by atoms with Crippen molar-refractivity contribution in [2.75, 3.05) is 0 Å². The molecule has 0 aromatic carbocycles. The average molecular weight is 250 g/mol. The van der Waals surface area contributed by atoms with E-state index >= 15 is 0 Å². The molecule has 0 radical (unpaired) electrons. The van der Waals surface area contributed by atoms with E-state index in [1.54, 1.807) is 0 Å². The second kappa shape index (κ2) is 5.87. The standard InChI is InChI=1S/C14H22N2S/c1-10-8-12(11(2)15)9-16-14(10)17-13-6-4-3-5-7-13/h8-9,11,13H,3-7,15H2,1-2H3/t11-/m1/s1. The van der Waals surface area contributed by atoms with E-state index < -0.39 is 0 Å². The maximum atomic E-state index is 5.87. The number of nitrogens with zero attached hydrogens (tertiary/aromatic N) is 1. The second-order valence-electron chi connectivity index (χ2n) is 5.06. The van der Waals surface area contributed by atoms with Gasteiger partial charge < -0.3 is 5.73 Å². The molecule has 0 saturated heterocycles. The van der Waals surface area contributed by atoms with Crippen molar-refractivity contribution in [3.8, 4) is 0 Å². The first-order chi connectivity index (χ1) is 8.16. The monoisotopic (exact) mass is 250 g/mol. The predicted octanol–water partition coefficient (Wildman–Crippen LogP) is 3.83. The summed E-state index contributed by atoms with van der Waals surface area (Å²) in [5, 5.41) is 1.97. The van der Waals surface area contributed by atoms with Crippen molar-refractivity contribution < 1.29 is 0 Å². The third kappa shape index (κ3) is 3.46. The van der Waals surface area contributed by atoms with Crippen molar-refractivity contribution in [2.45, 2.75) is 62.3 Å². The van der Waals surface area contributed by atoms with Crippen LogP contribution in [-0.2, 0) is 0 Å². The lowest BCUT2D eigenvalue weighted by Crippen LogP contribution is -2.09. The summed E-state index contributed by atoms with van der Waals surface area (Å²) in [6.07, 6.45) is 8.81. The van der Waals surface area contributed by atoms with Gasteiger partial charge in [-0.1, -0.05) is 25.3 Å². The largest absolute Gasteiger partial charge is 0.324 e. The van der Waals surface area contributed by atoms with Crippen LogP contribution < -0.4 is 5.73 Å². The molecule has 3 heteroatoms. The highest BCUT2D eigenvalue weighted by atomic mass is 32.2. The van der Waals surface area contributed by atoms with Crippen molar-refractivity contribution >= 4 is 11.8 Å². The number of pyridine rings is 1. The Morgan fingerprint density at radius 1 is 1.35 bits per heavy atom. The van der Waals surface area contributed by atoms with Crippen LogP contribution in [0.5, 0.6) is 0 Å². The third-order valence-corrected chi connectivity index (χ3v) is 4.86. The molecule has 0 amide bonds. The molecule has 1 atom stereocenters. The Balaban J connectivity index is 2.05. The Morgan fingerprint density at radius 2 is 2.06 bits per heavy atom. The predicted molar refractivity (Wildman–Crippen MR) is 74.3 cm³/mol. The molecule has 0 unspecified atom stereocenters. The Hall–Kier alpha value is -0.540. The lowest BCUT2D eigenvalue weighted by atomic mass is 10.0. The first-order valence-corrected chi connectivity index (χ1v) is 7.43. The van der Waals surface area contributed by atoms with Crippen molar-refractivity contribution in [1.82, 2.24) is 4.98 Å². The molecule has 94 valence electrons. The fourth-order valence-electron chi connectivity index (χ4n) is 2.30. The highest BCUT2D eigenvalue weighted by molar-refractivity contribution is 7.99. The van der Waals surface area contributed by atoms with Crippen molar-refractivity contribution in [2.24, 2.45) is 5.73 Å². The number of thioether (sulfide) groups is 1. The first kappa shape index (κ1) is 12.9. The molecule has 0 aliphatic heterocycles. The molecular weight excluding hydrogens is 228 g/mol. The molecule has 2 N–H and O–H groups in total. The molecule has 1 aromatic heterocycles. The first-order valence-electron chi connectivity index (χ1n) is 6.55. The van der Waals surface area contributed by atoms with Gasteiger partial charge in [0.05, 0.1) is 5.03 Å². The minimum absolute atomic E-state index is 0.0786. The fraction of sp³-hybridized carbons (Fsp3) is 0.643. The van der Waals surface area contributed by atoms with Gasteiger partial charge in [-0.2, -0.15) is 0 Å². The second-order valence-corrected chi connectivity index (χ2v) is 6.35. The van der Waals surface area contributed by atoms with E-state index in [1.807, 2.05) is 24.9 Å². The summed E-state index contributed by atoms with van der Waals surface area (Å²) in [6, 6.07) is 2.26. The van der Waals surface area contributed by atoms with Gasteiger partial charge in [0.1, 0.15) is 0 Å². The van der Waals surface area contributed by atoms with Crippen LogP contribution in [0.4, 0.5) is 0 Å². The smallest absolute Gasteiger partial charge is 0.0991 e. The van der Waals surface area contributed by atoms with Crippen molar-refractivity contribution in [3.63, 3.8) is 0 Å². The van der Waals surface area contributed by atoms with Gasteiger partial charge in [-0.25, -0.2) is 4.98 Å². The number of aryl methyl sites for hydroxylation is 1. The molecular formula is C14H22N2S. The minimum atomic E-state index is 0.0786. The van der Waals surface area contributed by atoms with E-state index in [2.05, 4.69) is 18.0 Å². The van der Waals surface area contributed by atoms with Crippen molar-refractivity contribution in [1.29, 1.82) is 0 Å². The summed E-state index contributed by atoms with van der Waals surface area (Å²) >= 11 is 1.96. The Morgan fingerprint density at radius 3 is 2.65 bits per heavy atom. The molecule has 17 heavy (non-hydrogen) atoms. The summed E-state index contributed by atoms with van der Waals surface area (Å²) in [5.41, 5.74) is 8.28. The third-order valence-electron chi connectivity index (χ3n) is 3.41. The van der Waals surface area contributed by atoms with E-state index in [9.17, 15) is 0 Å².